The van der Waals surface area contributed by atoms with Crippen molar-refractivity contribution in [2.24, 2.45) is 0 Å². The number of benzene rings is 2. The molecule has 7 heteroatoms. The Labute approximate surface area is 170 Å². The normalized spacial score (nSPS) is 16.4. The van der Waals surface area contributed by atoms with Crippen LogP contribution in [0, 0.1) is 0 Å². The molecule has 2 aliphatic rings. The SMILES string of the molecule is O=C(CNC(=O)c1ccc2c(c1)OCO2)NC1CCN(Cc2ccccc2)CC1. The number of likely N-dealkylation sites (tertiary alicyclic amines) is 1. The average Bonchev–Trinajstić information content (AvgIpc) is 3.22. The summed E-state index contributed by atoms with van der Waals surface area (Å²) in [6, 6.07) is 15.5. The van der Waals surface area contributed by atoms with Gasteiger partial charge in [0.05, 0.1) is 6.54 Å². The Morgan fingerprint density at radius 3 is 2.55 bits per heavy atom. The van der Waals surface area contributed by atoms with Gasteiger partial charge in [-0.3, -0.25) is 14.5 Å². The number of fused-ring (bicyclic) bond motifs is 1. The van der Waals surface area contributed by atoms with Crippen LogP contribution in [-0.4, -0.2) is 49.2 Å². The maximum Gasteiger partial charge on any atom is 0.251 e. The molecule has 2 aliphatic heterocycles. The van der Waals surface area contributed by atoms with Crippen LogP contribution in [0.1, 0.15) is 28.8 Å². The minimum absolute atomic E-state index is 0.0441. The van der Waals surface area contributed by atoms with Crippen LogP contribution in [0.4, 0.5) is 0 Å². The molecule has 0 atom stereocenters. The zero-order chi connectivity index (χ0) is 20.1. The lowest BCUT2D eigenvalue weighted by molar-refractivity contribution is -0.121. The smallest absolute Gasteiger partial charge is 0.251 e. The van der Waals surface area contributed by atoms with Crippen molar-refractivity contribution in [2.45, 2.75) is 25.4 Å². The molecule has 152 valence electrons. The lowest BCUT2D eigenvalue weighted by atomic mass is 10.0. The van der Waals surface area contributed by atoms with E-state index in [0.29, 0.717) is 17.1 Å². The lowest BCUT2D eigenvalue weighted by Crippen LogP contribution is -2.47. The molecular formula is C22H25N3O4. The Morgan fingerprint density at radius 2 is 1.76 bits per heavy atom. The number of nitrogens with one attached hydrogen (secondary N) is 2. The van der Waals surface area contributed by atoms with Crippen molar-refractivity contribution >= 4 is 11.8 Å². The summed E-state index contributed by atoms with van der Waals surface area (Å²) in [5.41, 5.74) is 1.75. The third kappa shape index (κ3) is 5.06. The van der Waals surface area contributed by atoms with E-state index in [0.717, 1.165) is 32.5 Å². The molecule has 0 unspecified atom stereocenters. The summed E-state index contributed by atoms with van der Waals surface area (Å²) in [5.74, 6) is 0.694. The second-order valence-electron chi connectivity index (χ2n) is 7.35. The number of carbonyl (C=O) groups excluding carboxylic acids is 2. The lowest BCUT2D eigenvalue weighted by Gasteiger charge is -2.32. The van der Waals surface area contributed by atoms with Crippen molar-refractivity contribution in [3.8, 4) is 11.5 Å². The molecule has 0 aromatic heterocycles. The number of hydrogen-bond donors (Lipinski definition) is 2. The molecule has 0 spiro atoms. The third-order valence-corrected chi connectivity index (χ3v) is 5.25. The minimum atomic E-state index is -0.309. The van der Waals surface area contributed by atoms with Gasteiger partial charge in [0.1, 0.15) is 0 Å². The molecule has 2 N–H and O–H groups in total. The van der Waals surface area contributed by atoms with Crippen molar-refractivity contribution < 1.29 is 19.1 Å². The monoisotopic (exact) mass is 395 g/mol. The van der Waals surface area contributed by atoms with Gasteiger partial charge in [-0.15, -0.1) is 0 Å². The number of amides is 2. The molecule has 7 nitrogen and oxygen atoms in total. The van der Waals surface area contributed by atoms with Crippen molar-refractivity contribution in [3.63, 3.8) is 0 Å². The van der Waals surface area contributed by atoms with E-state index in [1.807, 2.05) is 6.07 Å². The topological polar surface area (TPSA) is 79.9 Å². The van der Waals surface area contributed by atoms with Gasteiger partial charge < -0.3 is 20.1 Å². The standard InChI is InChI=1S/C22H25N3O4/c26-21(13-23-22(27)17-6-7-19-20(12-17)29-15-28-19)24-18-8-10-25(11-9-18)14-16-4-2-1-3-5-16/h1-7,12,18H,8-11,13-15H2,(H,23,27)(H,24,26). The summed E-state index contributed by atoms with van der Waals surface area (Å²) in [4.78, 5) is 26.9. The molecule has 1 saturated heterocycles. The Balaban J connectivity index is 1.18. The predicted octanol–water partition coefficient (Wildman–Crippen LogP) is 1.93. The quantitative estimate of drug-likeness (QED) is 0.781. The van der Waals surface area contributed by atoms with Gasteiger partial charge in [0.2, 0.25) is 12.7 Å². The van der Waals surface area contributed by atoms with Gasteiger partial charge in [-0.2, -0.15) is 0 Å². The molecule has 0 bridgehead atoms. The van der Waals surface area contributed by atoms with Crippen molar-refractivity contribution in [1.82, 2.24) is 15.5 Å². The summed E-state index contributed by atoms with van der Waals surface area (Å²) in [7, 11) is 0. The first-order chi connectivity index (χ1) is 14.2. The molecule has 0 aliphatic carbocycles. The number of nitrogens with zero attached hydrogens (tertiary/aromatic N) is 1. The Hall–Kier alpha value is -3.06. The van der Waals surface area contributed by atoms with Gasteiger partial charge in [-0.05, 0) is 36.6 Å². The summed E-state index contributed by atoms with van der Waals surface area (Å²) < 4.78 is 10.5. The minimum Gasteiger partial charge on any atom is -0.454 e. The number of ether oxygens (including phenoxy) is 2. The first-order valence-corrected chi connectivity index (χ1v) is 9.91. The van der Waals surface area contributed by atoms with E-state index >= 15 is 0 Å². The molecule has 1 fully saturated rings. The second-order valence-corrected chi connectivity index (χ2v) is 7.35. The summed E-state index contributed by atoms with van der Waals surface area (Å²) in [5, 5.41) is 5.69. The molecule has 2 heterocycles. The van der Waals surface area contributed by atoms with Crippen LogP contribution in [0.25, 0.3) is 0 Å². The van der Waals surface area contributed by atoms with Crippen LogP contribution in [-0.2, 0) is 11.3 Å². The van der Waals surface area contributed by atoms with E-state index < -0.39 is 0 Å². The average molecular weight is 395 g/mol. The van der Waals surface area contributed by atoms with Crippen LogP contribution in [0.15, 0.2) is 48.5 Å². The van der Waals surface area contributed by atoms with E-state index in [1.54, 1.807) is 18.2 Å². The van der Waals surface area contributed by atoms with Crippen LogP contribution in [0.5, 0.6) is 11.5 Å². The van der Waals surface area contributed by atoms with Gasteiger partial charge in [0, 0.05) is 31.2 Å². The highest BCUT2D eigenvalue weighted by Crippen LogP contribution is 2.32. The highest BCUT2D eigenvalue weighted by molar-refractivity contribution is 5.97. The summed E-state index contributed by atoms with van der Waals surface area (Å²) >= 11 is 0. The fraction of sp³-hybridized carbons (Fsp3) is 0.364. The second kappa shape index (κ2) is 8.96. The third-order valence-electron chi connectivity index (χ3n) is 5.25. The molecule has 29 heavy (non-hydrogen) atoms. The first kappa shape index (κ1) is 19.3. The number of piperidine rings is 1. The fourth-order valence-electron chi connectivity index (χ4n) is 3.66. The molecule has 0 saturated carbocycles. The van der Waals surface area contributed by atoms with Crippen molar-refractivity contribution in [1.29, 1.82) is 0 Å². The molecule has 2 aromatic rings. The van der Waals surface area contributed by atoms with Crippen LogP contribution >= 0.6 is 0 Å². The Kier molecular flexibility index (Phi) is 5.95. The maximum absolute atomic E-state index is 12.3. The largest absolute Gasteiger partial charge is 0.454 e. The highest BCUT2D eigenvalue weighted by atomic mass is 16.7. The van der Waals surface area contributed by atoms with E-state index in [9.17, 15) is 9.59 Å². The number of hydrogen-bond acceptors (Lipinski definition) is 5. The van der Waals surface area contributed by atoms with Gasteiger partial charge in [0.15, 0.2) is 11.5 Å². The van der Waals surface area contributed by atoms with Crippen LogP contribution < -0.4 is 20.1 Å². The van der Waals surface area contributed by atoms with Gasteiger partial charge in [0.25, 0.3) is 5.91 Å². The zero-order valence-electron chi connectivity index (χ0n) is 16.2. The van der Waals surface area contributed by atoms with E-state index in [1.165, 1.54) is 5.56 Å². The zero-order valence-corrected chi connectivity index (χ0v) is 16.2. The van der Waals surface area contributed by atoms with E-state index in [4.69, 9.17) is 9.47 Å². The maximum atomic E-state index is 12.3. The van der Waals surface area contributed by atoms with E-state index in [-0.39, 0.29) is 31.2 Å². The Bertz CT molecular complexity index is 864. The molecule has 4 rings (SSSR count). The highest BCUT2D eigenvalue weighted by Gasteiger charge is 2.21. The van der Waals surface area contributed by atoms with Crippen LogP contribution in [0.2, 0.25) is 0 Å². The van der Waals surface area contributed by atoms with Crippen molar-refractivity contribution in [3.05, 3.63) is 59.7 Å². The molecule has 0 radical (unpaired) electrons. The summed E-state index contributed by atoms with van der Waals surface area (Å²) in [6.45, 7) is 2.95. The molecule has 2 amide bonds. The van der Waals surface area contributed by atoms with Gasteiger partial charge in [-0.1, -0.05) is 30.3 Å². The summed E-state index contributed by atoms with van der Waals surface area (Å²) in [6.07, 6.45) is 1.82. The van der Waals surface area contributed by atoms with Gasteiger partial charge in [-0.25, -0.2) is 0 Å². The van der Waals surface area contributed by atoms with Crippen molar-refractivity contribution in [2.75, 3.05) is 26.4 Å². The Morgan fingerprint density at radius 1 is 1.00 bits per heavy atom. The molecular weight excluding hydrogens is 370 g/mol. The molecule has 2 aromatic carbocycles. The predicted molar refractivity (Wildman–Crippen MR) is 108 cm³/mol. The van der Waals surface area contributed by atoms with Crippen LogP contribution in [0.3, 0.4) is 0 Å². The fourth-order valence-corrected chi connectivity index (χ4v) is 3.66. The number of rotatable bonds is 6. The van der Waals surface area contributed by atoms with Gasteiger partial charge >= 0.3 is 0 Å². The number of carbonyl (C=O) groups is 2. The first-order valence-electron chi connectivity index (χ1n) is 9.91. The van der Waals surface area contributed by atoms with E-state index in [2.05, 4.69) is 39.8 Å².